The van der Waals surface area contributed by atoms with Gasteiger partial charge in [0.05, 0.1) is 29.5 Å². The number of aromatic nitrogens is 2. The van der Waals surface area contributed by atoms with Crippen LogP contribution in [0, 0.1) is 0 Å². The smallest absolute Gasteiger partial charge is 0.159 e. The van der Waals surface area contributed by atoms with Crippen molar-refractivity contribution < 1.29 is 0 Å². The zero-order valence-corrected chi connectivity index (χ0v) is 21.2. The molecule has 4 heteroatoms. The van der Waals surface area contributed by atoms with E-state index in [1.54, 1.807) is 11.8 Å². The van der Waals surface area contributed by atoms with Gasteiger partial charge in [-0.3, -0.25) is 0 Å². The summed E-state index contributed by atoms with van der Waals surface area (Å²) in [6, 6.07) is 40.9. The van der Waals surface area contributed by atoms with E-state index in [2.05, 4.69) is 120 Å². The Morgan fingerprint density at radius 2 is 0.947 bits per heavy atom. The summed E-state index contributed by atoms with van der Waals surface area (Å²) in [5.41, 5.74) is 4.26. The van der Waals surface area contributed by atoms with E-state index >= 15 is 0 Å². The van der Waals surface area contributed by atoms with Crippen molar-refractivity contribution >= 4 is 61.1 Å². The maximum Gasteiger partial charge on any atom is 0.159 e. The van der Waals surface area contributed by atoms with Crippen LogP contribution in [0.2, 0.25) is 0 Å². The highest BCUT2D eigenvalue weighted by atomic mass is 32.2. The molecule has 8 rings (SSSR count). The summed E-state index contributed by atoms with van der Waals surface area (Å²) in [6.45, 7) is 0. The van der Waals surface area contributed by atoms with E-state index in [4.69, 9.17) is 9.97 Å². The lowest BCUT2D eigenvalue weighted by molar-refractivity contribution is 1.11. The van der Waals surface area contributed by atoms with Gasteiger partial charge >= 0.3 is 0 Å². The number of hydrogen-bond donors (Lipinski definition) is 0. The number of para-hydroxylation sites is 2. The van der Waals surface area contributed by atoms with Gasteiger partial charge in [0.25, 0.3) is 0 Å². The second kappa shape index (κ2) is 8.44. The number of fused-ring (bicyclic) bond motifs is 8. The molecule has 0 saturated heterocycles. The average Bonchev–Trinajstić information content (AvgIpc) is 3.00. The second-order valence-electron chi connectivity index (χ2n) is 9.49. The van der Waals surface area contributed by atoms with Crippen LogP contribution in [-0.2, 0) is 0 Å². The maximum absolute atomic E-state index is 4.86. The molecule has 0 fully saturated rings. The fourth-order valence-corrected chi connectivity index (χ4v) is 6.67. The molecule has 1 aliphatic rings. The SMILES string of the molecule is c1ccc2c(c1)Sc1ccccc1N2c1cnc(-c2ccc3c4ccccc4c4ccccc4c3c2)nc1. The summed E-state index contributed by atoms with van der Waals surface area (Å²) in [7, 11) is 0. The molecule has 1 aromatic heterocycles. The molecule has 0 unspecified atom stereocenters. The van der Waals surface area contributed by atoms with Crippen molar-refractivity contribution in [2.75, 3.05) is 4.90 Å². The summed E-state index contributed by atoms with van der Waals surface area (Å²) >= 11 is 1.80. The van der Waals surface area contributed by atoms with Crippen molar-refractivity contribution in [3.05, 3.63) is 128 Å². The molecule has 2 heterocycles. The molecule has 0 amide bonds. The minimum Gasteiger partial charge on any atom is -0.305 e. The Morgan fingerprint density at radius 1 is 0.474 bits per heavy atom. The van der Waals surface area contributed by atoms with Crippen LogP contribution >= 0.6 is 11.8 Å². The Hall–Kier alpha value is -4.67. The topological polar surface area (TPSA) is 29.0 Å². The zero-order valence-electron chi connectivity index (χ0n) is 20.4. The largest absolute Gasteiger partial charge is 0.305 e. The molecule has 6 aromatic carbocycles. The van der Waals surface area contributed by atoms with Gasteiger partial charge in [-0.1, -0.05) is 96.7 Å². The summed E-state index contributed by atoms with van der Waals surface area (Å²) in [5.74, 6) is 0.723. The van der Waals surface area contributed by atoms with E-state index in [-0.39, 0.29) is 0 Å². The molecule has 38 heavy (non-hydrogen) atoms. The van der Waals surface area contributed by atoms with Crippen molar-refractivity contribution in [3.63, 3.8) is 0 Å². The molecular weight excluding hydrogens is 482 g/mol. The van der Waals surface area contributed by atoms with Crippen LogP contribution in [0.3, 0.4) is 0 Å². The van der Waals surface area contributed by atoms with Crippen molar-refractivity contribution in [2.45, 2.75) is 9.79 Å². The number of benzene rings is 6. The van der Waals surface area contributed by atoms with Gasteiger partial charge in [0.15, 0.2) is 5.82 Å². The van der Waals surface area contributed by atoms with E-state index in [1.807, 2.05) is 12.4 Å². The number of rotatable bonds is 2. The van der Waals surface area contributed by atoms with E-state index in [0.29, 0.717) is 0 Å². The first-order valence-electron chi connectivity index (χ1n) is 12.7. The summed E-state index contributed by atoms with van der Waals surface area (Å²) in [6.07, 6.45) is 3.88. The predicted octanol–water partition coefficient (Wildman–Crippen LogP) is 9.54. The Bertz CT molecular complexity index is 1930. The van der Waals surface area contributed by atoms with E-state index in [9.17, 15) is 0 Å². The van der Waals surface area contributed by atoms with Crippen LogP contribution in [0.4, 0.5) is 17.1 Å². The molecule has 0 saturated carbocycles. The molecular formula is C34H21N3S. The van der Waals surface area contributed by atoms with Gasteiger partial charge < -0.3 is 4.90 Å². The summed E-state index contributed by atoms with van der Waals surface area (Å²) in [4.78, 5) is 14.4. The predicted molar refractivity (Wildman–Crippen MR) is 159 cm³/mol. The van der Waals surface area contributed by atoms with E-state index in [0.717, 1.165) is 28.5 Å². The fraction of sp³-hybridized carbons (Fsp3) is 0. The molecule has 0 radical (unpaired) electrons. The van der Waals surface area contributed by atoms with Crippen LogP contribution < -0.4 is 4.90 Å². The Labute approximate surface area is 224 Å². The standard InChI is InChI=1S/C34H21N3S/c1-2-11-26-24(9-1)25-10-3-4-12-27(25)29-19-22(17-18-28(26)29)34-35-20-23(21-36-34)37-30-13-5-7-15-32(30)38-33-16-8-6-14-31(33)37/h1-21H. The van der Waals surface area contributed by atoms with Crippen LogP contribution in [0.25, 0.3) is 43.7 Å². The van der Waals surface area contributed by atoms with Crippen molar-refractivity contribution in [3.8, 4) is 11.4 Å². The van der Waals surface area contributed by atoms with Crippen molar-refractivity contribution in [1.29, 1.82) is 0 Å². The first kappa shape index (κ1) is 21.4. The number of hydrogen-bond acceptors (Lipinski definition) is 4. The van der Waals surface area contributed by atoms with Gasteiger partial charge in [-0.25, -0.2) is 9.97 Å². The molecule has 178 valence electrons. The molecule has 0 N–H and O–H groups in total. The van der Waals surface area contributed by atoms with Crippen LogP contribution in [-0.4, -0.2) is 9.97 Å². The Morgan fingerprint density at radius 3 is 1.53 bits per heavy atom. The highest BCUT2D eigenvalue weighted by Gasteiger charge is 2.24. The monoisotopic (exact) mass is 503 g/mol. The van der Waals surface area contributed by atoms with Crippen LogP contribution in [0.15, 0.2) is 137 Å². The molecule has 3 nitrogen and oxygen atoms in total. The molecule has 7 aromatic rings. The summed E-state index contributed by atoms with van der Waals surface area (Å²) < 4.78 is 0. The molecule has 0 aliphatic carbocycles. The lowest BCUT2D eigenvalue weighted by Crippen LogP contribution is -2.15. The fourth-order valence-electron chi connectivity index (χ4n) is 5.62. The molecule has 0 spiro atoms. The van der Waals surface area contributed by atoms with Gasteiger partial charge in [0.1, 0.15) is 0 Å². The third kappa shape index (κ3) is 3.24. The van der Waals surface area contributed by atoms with Gasteiger partial charge in [-0.2, -0.15) is 0 Å². The minimum absolute atomic E-state index is 0.723. The highest BCUT2D eigenvalue weighted by molar-refractivity contribution is 7.99. The lowest BCUT2D eigenvalue weighted by Gasteiger charge is -2.32. The normalized spacial score (nSPS) is 12.6. The van der Waals surface area contributed by atoms with Crippen molar-refractivity contribution in [2.24, 2.45) is 0 Å². The zero-order chi connectivity index (χ0) is 25.1. The van der Waals surface area contributed by atoms with Gasteiger partial charge in [0, 0.05) is 15.4 Å². The van der Waals surface area contributed by atoms with Gasteiger partial charge in [-0.05, 0) is 62.6 Å². The van der Waals surface area contributed by atoms with Gasteiger partial charge in [0.2, 0.25) is 0 Å². The quantitative estimate of drug-likeness (QED) is 0.220. The number of anilines is 3. The van der Waals surface area contributed by atoms with E-state index < -0.39 is 0 Å². The number of nitrogens with zero attached hydrogens (tertiary/aromatic N) is 3. The van der Waals surface area contributed by atoms with E-state index in [1.165, 1.54) is 42.1 Å². The third-order valence-corrected chi connectivity index (χ3v) is 8.46. The first-order valence-corrected chi connectivity index (χ1v) is 13.5. The highest BCUT2D eigenvalue weighted by Crippen LogP contribution is 2.50. The van der Waals surface area contributed by atoms with Gasteiger partial charge in [-0.15, -0.1) is 0 Å². The minimum atomic E-state index is 0.723. The molecule has 0 bridgehead atoms. The maximum atomic E-state index is 4.86. The molecule has 0 atom stereocenters. The molecule has 1 aliphatic heterocycles. The third-order valence-electron chi connectivity index (χ3n) is 7.33. The average molecular weight is 504 g/mol. The first-order chi connectivity index (χ1) is 18.8. The van der Waals surface area contributed by atoms with Crippen LogP contribution in [0.1, 0.15) is 0 Å². The van der Waals surface area contributed by atoms with Crippen LogP contribution in [0.5, 0.6) is 0 Å². The Balaban J connectivity index is 1.26. The second-order valence-corrected chi connectivity index (χ2v) is 10.6. The van der Waals surface area contributed by atoms with Crippen molar-refractivity contribution in [1.82, 2.24) is 9.97 Å². The lowest BCUT2D eigenvalue weighted by atomic mass is 9.93. The Kier molecular flexibility index (Phi) is 4.76. The summed E-state index contributed by atoms with van der Waals surface area (Å²) in [5, 5.41) is 7.54.